The van der Waals surface area contributed by atoms with Crippen molar-refractivity contribution in [2.45, 2.75) is 5.54 Å². The van der Waals surface area contributed by atoms with Crippen LogP contribution in [0.25, 0.3) is 0 Å². The van der Waals surface area contributed by atoms with E-state index in [4.69, 9.17) is 15.3 Å². The maximum absolute atomic E-state index is 8.97. The highest BCUT2D eigenvalue weighted by atomic mass is 16.3. The van der Waals surface area contributed by atoms with Crippen molar-refractivity contribution in [2.24, 2.45) is 4.99 Å². The summed E-state index contributed by atoms with van der Waals surface area (Å²) in [7, 11) is 0. The molecule has 0 amide bonds. The molecule has 0 aromatic carbocycles. The molecule has 1 aliphatic heterocycles. The van der Waals surface area contributed by atoms with E-state index in [9.17, 15) is 0 Å². The van der Waals surface area contributed by atoms with E-state index in [0.717, 1.165) is 6.54 Å². The molecule has 0 fully saturated rings. The highest BCUT2D eigenvalue weighted by Crippen LogP contribution is 2.01. The Kier molecular flexibility index (Phi) is 3.47. The number of guanidine groups is 1. The largest absolute Gasteiger partial charge is 0.394 e. The highest BCUT2D eigenvalue weighted by molar-refractivity contribution is 5.82. The van der Waals surface area contributed by atoms with Crippen LogP contribution in [-0.2, 0) is 0 Å². The van der Waals surface area contributed by atoms with Gasteiger partial charge >= 0.3 is 0 Å². The maximum atomic E-state index is 8.97. The van der Waals surface area contributed by atoms with Crippen molar-refractivity contribution in [3.63, 3.8) is 0 Å². The summed E-state index contributed by atoms with van der Waals surface area (Å²) in [5.41, 5.74) is -1.09. The molecule has 6 heteroatoms. The fourth-order valence-corrected chi connectivity index (χ4v) is 1.00. The lowest BCUT2D eigenvalue weighted by Crippen LogP contribution is -2.59. The molecular formula is C7H15N3O3. The zero-order valence-electron chi connectivity index (χ0n) is 7.32. The molecular weight excluding hydrogens is 174 g/mol. The van der Waals surface area contributed by atoms with E-state index < -0.39 is 5.54 Å². The number of aliphatic imine (C=N–C) groups is 1. The molecule has 5 N–H and O–H groups in total. The number of hydrogen-bond donors (Lipinski definition) is 5. The van der Waals surface area contributed by atoms with Gasteiger partial charge in [-0.15, -0.1) is 0 Å². The van der Waals surface area contributed by atoms with Gasteiger partial charge in [0.1, 0.15) is 5.54 Å². The van der Waals surface area contributed by atoms with Gasteiger partial charge in [-0.05, 0) is 0 Å². The molecule has 13 heavy (non-hydrogen) atoms. The van der Waals surface area contributed by atoms with Crippen LogP contribution in [0.5, 0.6) is 0 Å². The van der Waals surface area contributed by atoms with Crippen LogP contribution in [-0.4, -0.2) is 59.7 Å². The fourth-order valence-electron chi connectivity index (χ4n) is 1.00. The molecule has 0 bridgehead atoms. The summed E-state index contributed by atoms with van der Waals surface area (Å²) in [4.78, 5) is 4.03. The van der Waals surface area contributed by atoms with E-state index in [2.05, 4.69) is 15.6 Å². The number of aliphatic hydroxyl groups is 3. The van der Waals surface area contributed by atoms with Crippen LogP contribution in [0.4, 0.5) is 0 Å². The summed E-state index contributed by atoms with van der Waals surface area (Å²) in [6.07, 6.45) is 0. The second-order valence-corrected chi connectivity index (χ2v) is 3.04. The third-order valence-electron chi connectivity index (χ3n) is 1.97. The molecule has 1 rings (SSSR count). The minimum absolute atomic E-state index is 0.347. The number of nitrogens with zero attached hydrogens (tertiary/aromatic N) is 1. The minimum atomic E-state index is -1.09. The van der Waals surface area contributed by atoms with Crippen LogP contribution >= 0.6 is 0 Å². The summed E-state index contributed by atoms with van der Waals surface area (Å²) in [6.45, 7) is 0.365. The van der Waals surface area contributed by atoms with Gasteiger partial charge in [0, 0.05) is 6.54 Å². The summed E-state index contributed by atoms with van der Waals surface area (Å²) in [5, 5.41) is 32.6. The van der Waals surface area contributed by atoms with Gasteiger partial charge in [-0.1, -0.05) is 0 Å². The average Bonchev–Trinajstić information content (AvgIpc) is 2.67. The predicted molar refractivity (Wildman–Crippen MR) is 47.4 cm³/mol. The molecule has 0 saturated heterocycles. The van der Waals surface area contributed by atoms with Gasteiger partial charge in [0.25, 0.3) is 0 Å². The Bertz CT molecular complexity index is 183. The molecule has 0 spiro atoms. The first-order valence-electron chi connectivity index (χ1n) is 4.15. The lowest BCUT2D eigenvalue weighted by Gasteiger charge is -2.29. The quantitative estimate of drug-likeness (QED) is 0.330. The van der Waals surface area contributed by atoms with Crippen LogP contribution in [0.1, 0.15) is 0 Å². The van der Waals surface area contributed by atoms with E-state index in [1.54, 1.807) is 0 Å². The van der Waals surface area contributed by atoms with Gasteiger partial charge in [0.2, 0.25) is 0 Å². The first-order valence-corrected chi connectivity index (χ1v) is 4.15. The van der Waals surface area contributed by atoms with Crippen molar-refractivity contribution < 1.29 is 15.3 Å². The van der Waals surface area contributed by atoms with E-state index in [0.29, 0.717) is 12.5 Å². The molecule has 0 radical (unpaired) electrons. The highest BCUT2D eigenvalue weighted by Gasteiger charge is 2.29. The van der Waals surface area contributed by atoms with Crippen molar-refractivity contribution in [2.75, 3.05) is 32.9 Å². The number of aliphatic hydroxyl groups excluding tert-OH is 3. The van der Waals surface area contributed by atoms with Gasteiger partial charge in [-0.3, -0.25) is 4.99 Å². The van der Waals surface area contributed by atoms with E-state index >= 15 is 0 Å². The number of hydrogen-bond acceptors (Lipinski definition) is 6. The SMILES string of the molecule is OCC(CO)(CO)NC1=NCCN1. The third kappa shape index (κ3) is 2.30. The van der Waals surface area contributed by atoms with Gasteiger partial charge < -0.3 is 26.0 Å². The van der Waals surface area contributed by atoms with Crippen molar-refractivity contribution in [1.82, 2.24) is 10.6 Å². The van der Waals surface area contributed by atoms with Crippen LogP contribution in [0.15, 0.2) is 4.99 Å². The van der Waals surface area contributed by atoms with E-state index in [1.165, 1.54) is 0 Å². The molecule has 0 atom stereocenters. The molecule has 1 heterocycles. The normalized spacial score (nSPS) is 16.7. The van der Waals surface area contributed by atoms with Crippen LogP contribution in [0.3, 0.4) is 0 Å². The molecule has 0 aromatic rings. The monoisotopic (exact) mass is 189 g/mol. The second kappa shape index (κ2) is 4.40. The summed E-state index contributed by atoms with van der Waals surface area (Å²) >= 11 is 0. The third-order valence-corrected chi connectivity index (χ3v) is 1.97. The van der Waals surface area contributed by atoms with E-state index in [-0.39, 0.29) is 19.8 Å². The predicted octanol–water partition coefficient (Wildman–Crippen LogP) is -2.75. The Morgan fingerprint density at radius 3 is 2.31 bits per heavy atom. The van der Waals surface area contributed by atoms with Crippen molar-refractivity contribution in [3.05, 3.63) is 0 Å². The molecule has 76 valence electrons. The Balaban J connectivity index is 2.55. The van der Waals surface area contributed by atoms with Crippen LogP contribution < -0.4 is 10.6 Å². The van der Waals surface area contributed by atoms with E-state index in [1.807, 2.05) is 0 Å². The lowest BCUT2D eigenvalue weighted by molar-refractivity contribution is 0.0553. The minimum Gasteiger partial charge on any atom is -0.394 e. The maximum Gasteiger partial charge on any atom is 0.192 e. The summed E-state index contributed by atoms with van der Waals surface area (Å²) in [5.74, 6) is 0.511. The number of rotatable bonds is 4. The number of nitrogens with one attached hydrogen (secondary N) is 2. The molecule has 0 aromatic heterocycles. The topological polar surface area (TPSA) is 97.1 Å². The van der Waals surface area contributed by atoms with Gasteiger partial charge in [0.15, 0.2) is 5.96 Å². The first kappa shape index (κ1) is 10.2. The zero-order chi connectivity index (χ0) is 9.73. The van der Waals surface area contributed by atoms with Crippen LogP contribution in [0.2, 0.25) is 0 Å². The Morgan fingerprint density at radius 1 is 1.31 bits per heavy atom. The second-order valence-electron chi connectivity index (χ2n) is 3.04. The lowest BCUT2D eigenvalue weighted by atomic mass is 10.0. The molecule has 6 nitrogen and oxygen atoms in total. The van der Waals surface area contributed by atoms with Crippen molar-refractivity contribution in [1.29, 1.82) is 0 Å². The first-order chi connectivity index (χ1) is 6.26. The standard InChI is InChI=1S/C7H15N3O3/c11-3-7(4-12,5-13)10-6-8-1-2-9-6/h11-13H,1-5H2,(H2,8,9,10). The molecule has 0 aliphatic carbocycles. The zero-order valence-corrected chi connectivity index (χ0v) is 7.32. The Hall–Kier alpha value is -0.850. The van der Waals surface area contributed by atoms with Gasteiger partial charge in [0.05, 0.1) is 26.4 Å². The van der Waals surface area contributed by atoms with Crippen molar-refractivity contribution in [3.8, 4) is 0 Å². The summed E-state index contributed by atoms with van der Waals surface area (Å²) in [6, 6.07) is 0. The molecule has 0 unspecified atom stereocenters. The Labute approximate surface area is 76.3 Å². The smallest absolute Gasteiger partial charge is 0.192 e. The average molecular weight is 189 g/mol. The van der Waals surface area contributed by atoms with Crippen molar-refractivity contribution >= 4 is 5.96 Å². The van der Waals surface area contributed by atoms with Gasteiger partial charge in [-0.25, -0.2) is 0 Å². The van der Waals surface area contributed by atoms with Gasteiger partial charge in [-0.2, -0.15) is 0 Å². The summed E-state index contributed by atoms with van der Waals surface area (Å²) < 4.78 is 0. The molecule has 1 aliphatic rings. The molecule has 0 saturated carbocycles. The van der Waals surface area contributed by atoms with Crippen LogP contribution in [0, 0.1) is 0 Å². The Morgan fingerprint density at radius 2 is 1.92 bits per heavy atom. The fraction of sp³-hybridized carbons (Fsp3) is 0.857.